The molecule has 7 heteroatoms. The van der Waals surface area contributed by atoms with E-state index in [2.05, 4.69) is 46.9 Å². The zero-order chi connectivity index (χ0) is 21.3. The summed E-state index contributed by atoms with van der Waals surface area (Å²) >= 11 is 0. The van der Waals surface area contributed by atoms with Crippen molar-refractivity contribution in [2.45, 2.75) is 24.2 Å². The van der Waals surface area contributed by atoms with Crippen molar-refractivity contribution < 1.29 is 22.2 Å². The van der Waals surface area contributed by atoms with Crippen LogP contribution in [0.25, 0.3) is 21.5 Å². The highest BCUT2D eigenvalue weighted by Crippen LogP contribution is 2.33. The SMILES string of the molecule is O=C1CCCc2c1ccc1c2ccc2ccccc21.O=c1occcc1S(=O)(=O)O. The molecular weight excluding hydrogens is 404 g/mol. The first-order valence-corrected chi connectivity index (χ1v) is 10.8. The molecule has 5 rings (SSSR count). The van der Waals surface area contributed by atoms with Crippen LogP contribution in [0.1, 0.15) is 28.8 Å². The highest BCUT2D eigenvalue weighted by molar-refractivity contribution is 7.85. The number of hydrogen-bond donors (Lipinski definition) is 1. The molecule has 0 bridgehead atoms. The lowest BCUT2D eigenvalue weighted by atomic mass is 9.86. The van der Waals surface area contributed by atoms with Crippen LogP contribution in [0.5, 0.6) is 0 Å². The van der Waals surface area contributed by atoms with Gasteiger partial charge >= 0.3 is 15.7 Å². The maximum Gasteiger partial charge on any atom is 0.357 e. The minimum Gasteiger partial charge on any atom is -0.430 e. The summed E-state index contributed by atoms with van der Waals surface area (Å²) in [5.74, 6) is 0.302. The first-order chi connectivity index (χ1) is 14.4. The van der Waals surface area contributed by atoms with E-state index in [9.17, 15) is 18.0 Å². The van der Waals surface area contributed by atoms with E-state index >= 15 is 0 Å². The fraction of sp³-hybridized carbons (Fsp3) is 0.130. The molecule has 0 amide bonds. The smallest absolute Gasteiger partial charge is 0.357 e. The summed E-state index contributed by atoms with van der Waals surface area (Å²) in [6.07, 6.45) is 3.73. The van der Waals surface area contributed by atoms with Gasteiger partial charge in [-0.05, 0) is 52.1 Å². The van der Waals surface area contributed by atoms with Crippen molar-refractivity contribution in [1.82, 2.24) is 0 Å². The summed E-state index contributed by atoms with van der Waals surface area (Å²) in [5, 5.41) is 5.06. The molecule has 0 atom stereocenters. The molecular formula is C23H18O6S. The van der Waals surface area contributed by atoms with Crippen molar-refractivity contribution in [3.63, 3.8) is 0 Å². The monoisotopic (exact) mass is 422 g/mol. The number of aryl methyl sites for hydroxylation is 1. The Morgan fingerprint density at radius 1 is 0.800 bits per heavy atom. The number of fused-ring (bicyclic) bond motifs is 5. The minimum atomic E-state index is -4.44. The quantitative estimate of drug-likeness (QED) is 0.360. The van der Waals surface area contributed by atoms with Gasteiger partial charge in [-0.15, -0.1) is 0 Å². The Morgan fingerprint density at radius 3 is 2.30 bits per heavy atom. The van der Waals surface area contributed by atoms with Crippen molar-refractivity contribution >= 4 is 37.4 Å². The fourth-order valence-electron chi connectivity index (χ4n) is 3.79. The third kappa shape index (κ3) is 3.77. The van der Waals surface area contributed by atoms with Crippen LogP contribution in [0, 0.1) is 0 Å². The number of carbonyl (C=O) groups is 1. The van der Waals surface area contributed by atoms with Gasteiger partial charge in [0.2, 0.25) is 0 Å². The normalized spacial score (nSPS) is 13.6. The Hall–Kier alpha value is -3.29. The van der Waals surface area contributed by atoms with Gasteiger partial charge < -0.3 is 4.42 Å². The van der Waals surface area contributed by atoms with Gasteiger partial charge in [-0.25, -0.2) is 4.79 Å². The summed E-state index contributed by atoms with van der Waals surface area (Å²) in [5.41, 5.74) is 1.11. The van der Waals surface area contributed by atoms with Gasteiger partial charge in [0.25, 0.3) is 0 Å². The molecule has 6 nitrogen and oxygen atoms in total. The number of benzene rings is 3. The van der Waals surface area contributed by atoms with Gasteiger partial charge in [0.15, 0.2) is 10.7 Å². The van der Waals surface area contributed by atoms with Crippen LogP contribution in [0.15, 0.2) is 81.0 Å². The zero-order valence-corrected chi connectivity index (χ0v) is 16.7. The van der Waals surface area contributed by atoms with Crippen LogP contribution in [-0.2, 0) is 16.5 Å². The van der Waals surface area contributed by atoms with Crippen molar-refractivity contribution in [3.05, 3.63) is 88.5 Å². The molecule has 1 heterocycles. The zero-order valence-electron chi connectivity index (χ0n) is 15.9. The number of rotatable bonds is 1. The molecule has 30 heavy (non-hydrogen) atoms. The molecule has 1 N–H and O–H groups in total. The summed E-state index contributed by atoms with van der Waals surface area (Å²) in [7, 11) is -4.44. The van der Waals surface area contributed by atoms with Gasteiger partial charge in [0, 0.05) is 12.0 Å². The topological polar surface area (TPSA) is 102 Å². The first kappa shape index (κ1) is 20.0. The Balaban J connectivity index is 0.000000170. The van der Waals surface area contributed by atoms with Gasteiger partial charge in [0.1, 0.15) is 0 Å². The lowest BCUT2D eigenvalue weighted by Crippen LogP contribution is -2.11. The van der Waals surface area contributed by atoms with Crippen LogP contribution >= 0.6 is 0 Å². The van der Waals surface area contributed by atoms with Crippen LogP contribution in [-0.4, -0.2) is 18.8 Å². The molecule has 4 aromatic rings. The van der Waals surface area contributed by atoms with Crippen molar-refractivity contribution in [3.8, 4) is 0 Å². The summed E-state index contributed by atoms with van der Waals surface area (Å²) in [4.78, 5) is 21.8. The number of Topliss-reactive ketones (excluding diaryl/α,β-unsaturated/α-hetero) is 1. The molecule has 0 spiro atoms. The Morgan fingerprint density at radius 2 is 1.57 bits per heavy atom. The molecule has 1 aliphatic rings. The predicted molar refractivity (Wildman–Crippen MR) is 114 cm³/mol. The minimum absolute atomic E-state index is 0.302. The average molecular weight is 422 g/mol. The Bertz CT molecular complexity index is 1430. The van der Waals surface area contributed by atoms with E-state index in [4.69, 9.17) is 4.55 Å². The maximum absolute atomic E-state index is 12.0. The van der Waals surface area contributed by atoms with Crippen molar-refractivity contribution in [2.75, 3.05) is 0 Å². The van der Waals surface area contributed by atoms with E-state index in [1.165, 1.54) is 33.2 Å². The Kier molecular flexibility index (Phi) is 5.24. The van der Waals surface area contributed by atoms with E-state index in [0.717, 1.165) is 30.7 Å². The second kappa shape index (κ2) is 7.85. The molecule has 1 aromatic heterocycles. The number of hydrogen-bond acceptors (Lipinski definition) is 5. The van der Waals surface area contributed by atoms with Gasteiger partial charge in [-0.1, -0.05) is 48.5 Å². The van der Waals surface area contributed by atoms with Crippen LogP contribution in [0.2, 0.25) is 0 Å². The van der Waals surface area contributed by atoms with E-state index in [0.29, 0.717) is 12.2 Å². The standard InChI is InChI=1S/C18H14O.C5H4O5S/c19-18-7-3-6-14-16-9-8-12-4-1-2-5-13(12)15(16)10-11-17(14)18;6-5-4(11(7,8)9)2-1-3-10-5/h1-2,4-5,8-11H,3,6-7H2;1-3H,(H,7,8,9). The molecule has 0 aliphatic heterocycles. The summed E-state index contributed by atoms with van der Waals surface area (Å²) in [6.45, 7) is 0. The van der Waals surface area contributed by atoms with Crippen molar-refractivity contribution in [1.29, 1.82) is 0 Å². The maximum atomic E-state index is 12.0. The van der Waals surface area contributed by atoms with Crippen LogP contribution < -0.4 is 5.63 Å². The lowest BCUT2D eigenvalue weighted by Gasteiger charge is -2.17. The number of carbonyl (C=O) groups excluding carboxylic acids is 1. The second-order valence-corrected chi connectivity index (χ2v) is 8.38. The molecule has 152 valence electrons. The van der Waals surface area contributed by atoms with Gasteiger partial charge in [-0.2, -0.15) is 8.42 Å². The molecule has 3 aromatic carbocycles. The average Bonchev–Trinajstić information content (AvgIpc) is 2.73. The second-order valence-electron chi connectivity index (χ2n) is 6.99. The van der Waals surface area contributed by atoms with Crippen LogP contribution in [0.3, 0.4) is 0 Å². The molecule has 0 fully saturated rings. The third-order valence-corrected chi connectivity index (χ3v) is 6.01. The third-order valence-electron chi connectivity index (χ3n) is 5.15. The predicted octanol–water partition coefficient (Wildman–Crippen LogP) is 4.40. The van der Waals surface area contributed by atoms with Gasteiger partial charge in [-0.3, -0.25) is 9.35 Å². The largest absolute Gasteiger partial charge is 0.430 e. The van der Waals surface area contributed by atoms with E-state index < -0.39 is 20.6 Å². The van der Waals surface area contributed by atoms with E-state index in [1.54, 1.807) is 0 Å². The van der Waals surface area contributed by atoms with Crippen molar-refractivity contribution in [2.24, 2.45) is 0 Å². The molecule has 0 radical (unpaired) electrons. The first-order valence-electron chi connectivity index (χ1n) is 9.38. The highest BCUT2D eigenvalue weighted by atomic mass is 32.2. The molecule has 0 saturated heterocycles. The van der Waals surface area contributed by atoms with Crippen LogP contribution in [0.4, 0.5) is 0 Å². The lowest BCUT2D eigenvalue weighted by molar-refractivity contribution is 0.0973. The summed E-state index contributed by atoms with van der Waals surface area (Å²) < 4.78 is 33.3. The fourth-order valence-corrected chi connectivity index (χ4v) is 4.30. The highest BCUT2D eigenvalue weighted by Gasteiger charge is 2.19. The molecule has 0 unspecified atom stereocenters. The molecule has 0 saturated carbocycles. The molecule has 1 aliphatic carbocycles. The van der Waals surface area contributed by atoms with E-state index in [1.807, 2.05) is 6.07 Å². The Labute approximate surface area is 172 Å². The number of ketones is 1. The summed E-state index contributed by atoms with van der Waals surface area (Å²) in [6, 6.07) is 19.1. The van der Waals surface area contributed by atoms with Gasteiger partial charge in [0.05, 0.1) is 6.26 Å². The van der Waals surface area contributed by atoms with E-state index in [-0.39, 0.29) is 0 Å².